The minimum Gasteiger partial charge on any atom is -0.499 e. The van der Waals surface area contributed by atoms with Gasteiger partial charge in [0.05, 0.1) is 37.9 Å². The van der Waals surface area contributed by atoms with Crippen molar-refractivity contribution in [3.63, 3.8) is 0 Å². The predicted octanol–water partition coefficient (Wildman–Crippen LogP) is 5.55. The fourth-order valence-corrected chi connectivity index (χ4v) is 6.21. The average Bonchev–Trinajstić information content (AvgIpc) is 3.74. The van der Waals surface area contributed by atoms with Gasteiger partial charge in [0, 0.05) is 0 Å². The van der Waals surface area contributed by atoms with Gasteiger partial charge in [-0.2, -0.15) is 0 Å². The summed E-state index contributed by atoms with van der Waals surface area (Å²) >= 11 is 0. The molecular formula is C34H48O12. The second-order valence-corrected chi connectivity index (χ2v) is 12.3. The highest BCUT2D eigenvalue weighted by atomic mass is 16.9. The molecule has 12 heteroatoms. The summed E-state index contributed by atoms with van der Waals surface area (Å²) in [6.45, 7) is 14.9. The van der Waals surface area contributed by atoms with Crippen LogP contribution in [0.2, 0.25) is 0 Å². The van der Waals surface area contributed by atoms with E-state index in [1.54, 1.807) is 67.7 Å². The predicted molar refractivity (Wildman–Crippen MR) is 164 cm³/mol. The molecule has 12 nitrogen and oxygen atoms in total. The summed E-state index contributed by atoms with van der Waals surface area (Å²) in [5, 5.41) is 0. The molecule has 5 heterocycles. The van der Waals surface area contributed by atoms with Gasteiger partial charge in [-0.3, -0.25) is 0 Å². The summed E-state index contributed by atoms with van der Waals surface area (Å²) in [5.74, 6) is -3.05. The molecule has 4 aliphatic heterocycles. The minimum absolute atomic E-state index is 0.0246. The van der Waals surface area contributed by atoms with Gasteiger partial charge in [0.1, 0.15) is 37.1 Å². The first-order chi connectivity index (χ1) is 22.1. The van der Waals surface area contributed by atoms with E-state index in [1.165, 1.54) is 0 Å². The average molecular weight is 649 g/mol. The van der Waals surface area contributed by atoms with Gasteiger partial charge in [0.15, 0.2) is 41.9 Å². The lowest BCUT2D eigenvalue weighted by molar-refractivity contribution is -0.387. The van der Waals surface area contributed by atoms with Crippen LogP contribution in [0.3, 0.4) is 0 Å². The molecule has 1 aromatic rings. The molecule has 0 bridgehead atoms. The third kappa shape index (κ3) is 7.18. The third-order valence-electron chi connectivity index (χ3n) is 7.86. The zero-order chi connectivity index (χ0) is 33.0. The zero-order valence-electron chi connectivity index (χ0n) is 27.9. The number of fused-ring (bicyclic) bond motifs is 3. The van der Waals surface area contributed by atoms with E-state index in [0.29, 0.717) is 5.76 Å². The molecule has 0 spiro atoms. The van der Waals surface area contributed by atoms with E-state index < -0.39 is 72.5 Å². The number of hydrogen-bond donors (Lipinski definition) is 0. The van der Waals surface area contributed by atoms with Crippen molar-refractivity contribution < 1.29 is 56.5 Å². The molecule has 4 fully saturated rings. The monoisotopic (exact) mass is 648 g/mol. The molecule has 256 valence electrons. The van der Waals surface area contributed by atoms with Crippen LogP contribution in [0.15, 0.2) is 72.2 Å². The maximum absolute atomic E-state index is 6.88. The van der Waals surface area contributed by atoms with Gasteiger partial charge in [-0.25, -0.2) is 0 Å². The fraction of sp³-hybridized carbons (Fsp3) is 0.647. The van der Waals surface area contributed by atoms with Gasteiger partial charge in [0.25, 0.3) is 5.79 Å². The molecule has 1 aromatic heterocycles. The second kappa shape index (κ2) is 14.5. The Labute approximate surface area is 271 Å². The van der Waals surface area contributed by atoms with Crippen molar-refractivity contribution in [2.24, 2.45) is 0 Å². The Bertz CT molecular complexity index is 1220. The number of hydrogen-bond acceptors (Lipinski definition) is 12. The number of rotatable bonds is 13. The van der Waals surface area contributed by atoms with E-state index in [9.17, 15) is 0 Å². The zero-order valence-corrected chi connectivity index (χ0v) is 27.9. The molecule has 0 saturated carbocycles. The molecule has 0 amide bonds. The summed E-state index contributed by atoms with van der Waals surface area (Å²) in [5.41, 5.74) is 0. The SMILES string of the molecule is C/C=C/OC[C@H]1O[C@@](OC[C@H]2O[C@@H]3OC(C)(C)O[C@@H]3[C@H]3OC(C)(C)O[C@H]32)(c2ccco2)[C@@H](O/C=C/C)[C@@H](O/C=C/C)[C@@H]1O/C=C/C. The van der Waals surface area contributed by atoms with Crippen molar-refractivity contribution in [3.8, 4) is 0 Å². The maximum atomic E-state index is 6.88. The number of furan rings is 1. The van der Waals surface area contributed by atoms with Crippen molar-refractivity contribution in [2.45, 2.75) is 128 Å². The van der Waals surface area contributed by atoms with Crippen molar-refractivity contribution >= 4 is 0 Å². The molecular weight excluding hydrogens is 600 g/mol. The number of allylic oxidation sites excluding steroid dienone is 4. The first-order valence-corrected chi connectivity index (χ1v) is 15.8. The molecule has 0 aliphatic carbocycles. The van der Waals surface area contributed by atoms with Gasteiger partial charge in [-0.15, -0.1) is 0 Å². The Hall–Kier alpha value is -2.84. The van der Waals surface area contributed by atoms with Gasteiger partial charge in [-0.1, -0.05) is 24.3 Å². The Kier molecular flexibility index (Phi) is 10.9. The van der Waals surface area contributed by atoms with Crippen LogP contribution in [0.4, 0.5) is 0 Å². The van der Waals surface area contributed by atoms with Crippen LogP contribution in [0.1, 0.15) is 61.2 Å². The van der Waals surface area contributed by atoms with E-state index in [1.807, 2.05) is 55.4 Å². The molecule has 10 atom stereocenters. The summed E-state index contributed by atoms with van der Waals surface area (Å²) < 4.78 is 75.9. The summed E-state index contributed by atoms with van der Waals surface area (Å²) in [7, 11) is 0. The third-order valence-corrected chi connectivity index (χ3v) is 7.86. The van der Waals surface area contributed by atoms with Gasteiger partial charge in [0.2, 0.25) is 0 Å². The largest absolute Gasteiger partial charge is 0.499 e. The molecule has 4 saturated heterocycles. The van der Waals surface area contributed by atoms with Crippen LogP contribution in [-0.4, -0.2) is 79.9 Å². The molecule has 0 N–H and O–H groups in total. The van der Waals surface area contributed by atoms with Crippen LogP contribution in [0, 0.1) is 0 Å². The van der Waals surface area contributed by atoms with Crippen LogP contribution < -0.4 is 0 Å². The summed E-state index contributed by atoms with van der Waals surface area (Å²) in [4.78, 5) is 0. The van der Waals surface area contributed by atoms with Crippen molar-refractivity contribution in [1.29, 1.82) is 0 Å². The van der Waals surface area contributed by atoms with Crippen molar-refractivity contribution in [1.82, 2.24) is 0 Å². The lowest BCUT2D eigenvalue weighted by Gasteiger charge is -2.50. The summed E-state index contributed by atoms with van der Waals surface area (Å²) in [6, 6.07) is 3.52. The van der Waals surface area contributed by atoms with E-state index >= 15 is 0 Å². The Morgan fingerprint density at radius 2 is 1.30 bits per heavy atom. The highest BCUT2D eigenvalue weighted by Gasteiger charge is 2.64. The van der Waals surface area contributed by atoms with Crippen LogP contribution in [-0.2, 0) is 57.9 Å². The minimum atomic E-state index is -1.66. The van der Waals surface area contributed by atoms with E-state index in [-0.39, 0.29) is 13.2 Å². The second-order valence-electron chi connectivity index (χ2n) is 12.3. The first kappa shape index (κ1) is 34.5. The Morgan fingerprint density at radius 3 is 1.98 bits per heavy atom. The lowest BCUT2D eigenvalue weighted by atomic mass is 9.90. The van der Waals surface area contributed by atoms with Crippen LogP contribution >= 0.6 is 0 Å². The number of ether oxygens (including phenoxy) is 11. The maximum Gasteiger partial charge on any atom is 0.271 e. The Balaban J connectivity index is 1.54. The van der Waals surface area contributed by atoms with Crippen LogP contribution in [0.5, 0.6) is 0 Å². The molecule has 5 rings (SSSR count). The molecule has 0 radical (unpaired) electrons. The summed E-state index contributed by atoms with van der Waals surface area (Å²) in [6.07, 6.45) is 9.11. The van der Waals surface area contributed by atoms with Crippen LogP contribution in [0.25, 0.3) is 0 Å². The lowest BCUT2D eigenvalue weighted by Crippen LogP contribution is -2.66. The van der Waals surface area contributed by atoms with Gasteiger partial charge < -0.3 is 56.5 Å². The quantitative estimate of drug-likeness (QED) is 0.250. The normalized spacial score (nSPS) is 38.5. The first-order valence-electron chi connectivity index (χ1n) is 15.8. The topological polar surface area (TPSA) is 115 Å². The van der Waals surface area contributed by atoms with Gasteiger partial charge in [-0.05, 0) is 67.5 Å². The molecule has 0 unspecified atom stereocenters. The smallest absolute Gasteiger partial charge is 0.271 e. The van der Waals surface area contributed by atoms with E-state index in [4.69, 9.17) is 56.5 Å². The molecule has 46 heavy (non-hydrogen) atoms. The van der Waals surface area contributed by atoms with Crippen molar-refractivity contribution in [2.75, 3.05) is 13.2 Å². The standard InChI is InChI=1S/C34H48O12/c1-9-15-35-20-23-25(37-16-10-2)28(38-17-11-3)30(39-18-12-4)34(42-23,24-14-13-19-36-24)40-21-22-26-27(44-32(5,6)43-26)29-31(41-22)46-33(7,8)45-29/h9-19,22-23,25-31H,20-21H2,1-8H3/b15-9+,16-10+,17-11+,18-12+/t22-,23-,25-,26+,27+,28+,29-,30+,31-,34+/m1/s1. The highest BCUT2D eigenvalue weighted by Crippen LogP contribution is 2.47. The van der Waals surface area contributed by atoms with Crippen molar-refractivity contribution in [3.05, 3.63) is 73.5 Å². The van der Waals surface area contributed by atoms with E-state index in [0.717, 1.165) is 0 Å². The fourth-order valence-electron chi connectivity index (χ4n) is 6.21. The van der Waals surface area contributed by atoms with Gasteiger partial charge >= 0.3 is 0 Å². The molecule has 4 aliphatic rings. The van der Waals surface area contributed by atoms with E-state index in [2.05, 4.69) is 0 Å². The highest BCUT2D eigenvalue weighted by molar-refractivity contribution is 5.15. The Morgan fingerprint density at radius 1 is 0.674 bits per heavy atom. The molecule has 0 aromatic carbocycles.